The van der Waals surface area contributed by atoms with Gasteiger partial charge in [0.25, 0.3) is 0 Å². The standard InChI is InChI=1S/C17H19N3/c1-18-14-7-5-6-13(10-14)12-20(2)17-11-19-16-9-4-3-8-15(16)17/h3-11,18-19H,12H2,1-2H3. The average molecular weight is 265 g/mol. The molecule has 0 amide bonds. The van der Waals surface area contributed by atoms with Crippen molar-refractivity contribution in [2.75, 3.05) is 24.3 Å². The maximum atomic E-state index is 3.32. The number of aromatic amines is 1. The second kappa shape index (κ2) is 5.29. The zero-order chi connectivity index (χ0) is 13.9. The number of para-hydroxylation sites is 1. The van der Waals surface area contributed by atoms with E-state index in [9.17, 15) is 0 Å². The predicted octanol–water partition coefficient (Wildman–Crippen LogP) is 3.85. The molecule has 0 unspecified atom stereocenters. The van der Waals surface area contributed by atoms with Gasteiger partial charge in [0, 0.05) is 43.4 Å². The molecule has 3 nitrogen and oxygen atoms in total. The summed E-state index contributed by atoms with van der Waals surface area (Å²) in [7, 11) is 4.07. The fourth-order valence-electron chi connectivity index (χ4n) is 2.56. The van der Waals surface area contributed by atoms with Crippen molar-refractivity contribution in [1.82, 2.24) is 4.98 Å². The Morgan fingerprint density at radius 2 is 1.95 bits per heavy atom. The first-order valence-electron chi connectivity index (χ1n) is 6.82. The number of aromatic nitrogens is 1. The minimum Gasteiger partial charge on any atom is -0.388 e. The van der Waals surface area contributed by atoms with Gasteiger partial charge in [0.2, 0.25) is 0 Å². The number of rotatable bonds is 4. The Kier molecular flexibility index (Phi) is 3.33. The van der Waals surface area contributed by atoms with Crippen molar-refractivity contribution in [2.24, 2.45) is 0 Å². The lowest BCUT2D eigenvalue weighted by Crippen LogP contribution is -2.15. The van der Waals surface area contributed by atoms with E-state index in [-0.39, 0.29) is 0 Å². The van der Waals surface area contributed by atoms with Crippen LogP contribution in [-0.2, 0) is 6.54 Å². The third-order valence-electron chi connectivity index (χ3n) is 3.61. The topological polar surface area (TPSA) is 31.1 Å². The molecule has 2 aromatic carbocycles. The van der Waals surface area contributed by atoms with Crippen molar-refractivity contribution < 1.29 is 0 Å². The summed E-state index contributed by atoms with van der Waals surface area (Å²) in [6.07, 6.45) is 2.08. The third-order valence-corrected chi connectivity index (χ3v) is 3.61. The van der Waals surface area contributed by atoms with Crippen molar-refractivity contribution in [2.45, 2.75) is 6.54 Å². The van der Waals surface area contributed by atoms with Gasteiger partial charge >= 0.3 is 0 Å². The molecule has 0 aliphatic carbocycles. The van der Waals surface area contributed by atoms with Gasteiger partial charge in [-0.3, -0.25) is 0 Å². The molecule has 3 heteroatoms. The normalized spacial score (nSPS) is 10.7. The molecule has 0 atom stereocenters. The number of hydrogen-bond acceptors (Lipinski definition) is 2. The van der Waals surface area contributed by atoms with Crippen LogP contribution in [0.15, 0.2) is 54.7 Å². The summed E-state index contributed by atoms with van der Waals surface area (Å²) in [5, 5.41) is 4.44. The van der Waals surface area contributed by atoms with E-state index in [1.165, 1.54) is 22.2 Å². The average Bonchev–Trinajstić information content (AvgIpc) is 2.91. The van der Waals surface area contributed by atoms with E-state index in [1.807, 2.05) is 7.05 Å². The van der Waals surface area contributed by atoms with Crippen LogP contribution >= 0.6 is 0 Å². The van der Waals surface area contributed by atoms with E-state index in [4.69, 9.17) is 0 Å². The molecule has 0 saturated carbocycles. The number of benzene rings is 2. The van der Waals surface area contributed by atoms with E-state index in [0.29, 0.717) is 0 Å². The van der Waals surface area contributed by atoms with Gasteiger partial charge in [-0.05, 0) is 23.8 Å². The van der Waals surface area contributed by atoms with Crippen molar-refractivity contribution in [3.63, 3.8) is 0 Å². The molecule has 0 saturated heterocycles. The number of nitrogens with zero attached hydrogens (tertiary/aromatic N) is 1. The minimum atomic E-state index is 0.886. The summed E-state index contributed by atoms with van der Waals surface area (Å²) in [6.45, 7) is 0.886. The summed E-state index contributed by atoms with van der Waals surface area (Å²) >= 11 is 0. The Bertz CT molecular complexity index is 715. The Morgan fingerprint density at radius 3 is 2.80 bits per heavy atom. The highest BCUT2D eigenvalue weighted by atomic mass is 15.1. The fraction of sp³-hybridized carbons (Fsp3) is 0.176. The van der Waals surface area contributed by atoms with Gasteiger partial charge < -0.3 is 15.2 Å². The Morgan fingerprint density at radius 1 is 1.10 bits per heavy atom. The molecule has 2 N–H and O–H groups in total. The van der Waals surface area contributed by atoms with E-state index in [2.05, 4.69) is 77.0 Å². The first kappa shape index (κ1) is 12.6. The van der Waals surface area contributed by atoms with Crippen LogP contribution < -0.4 is 10.2 Å². The van der Waals surface area contributed by atoms with Crippen molar-refractivity contribution >= 4 is 22.3 Å². The van der Waals surface area contributed by atoms with Gasteiger partial charge in [-0.1, -0.05) is 30.3 Å². The Hall–Kier alpha value is -2.42. The van der Waals surface area contributed by atoms with Gasteiger partial charge in [0.15, 0.2) is 0 Å². The molecule has 0 aliphatic heterocycles. The van der Waals surface area contributed by atoms with Gasteiger partial charge in [-0.15, -0.1) is 0 Å². The maximum absolute atomic E-state index is 3.32. The van der Waals surface area contributed by atoms with Crippen LogP contribution in [0.2, 0.25) is 0 Å². The summed E-state index contributed by atoms with van der Waals surface area (Å²) in [5.41, 5.74) is 4.85. The number of nitrogens with one attached hydrogen (secondary N) is 2. The summed E-state index contributed by atoms with van der Waals surface area (Å²) in [4.78, 5) is 5.59. The molecule has 3 aromatic rings. The Labute approximate surface area is 119 Å². The third kappa shape index (κ3) is 2.35. The molecule has 1 heterocycles. The number of fused-ring (bicyclic) bond motifs is 1. The summed E-state index contributed by atoms with van der Waals surface area (Å²) in [5.74, 6) is 0. The van der Waals surface area contributed by atoms with E-state index in [1.54, 1.807) is 0 Å². The van der Waals surface area contributed by atoms with E-state index < -0.39 is 0 Å². The lowest BCUT2D eigenvalue weighted by Gasteiger charge is -2.19. The number of H-pyrrole nitrogens is 1. The van der Waals surface area contributed by atoms with Gasteiger partial charge in [-0.25, -0.2) is 0 Å². The van der Waals surface area contributed by atoms with Crippen LogP contribution in [-0.4, -0.2) is 19.1 Å². The van der Waals surface area contributed by atoms with Crippen LogP contribution in [0.25, 0.3) is 10.9 Å². The lowest BCUT2D eigenvalue weighted by atomic mass is 10.1. The van der Waals surface area contributed by atoms with Gasteiger partial charge in [0.05, 0.1) is 5.69 Å². The largest absolute Gasteiger partial charge is 0.388 e. The zero-order valence-corrected chi connectivity index (χ0v) is 11.9. The number of hydrogen-bond donors (Lipinski definition) is 2. The molecule has 1 aromatic heterocycles. The molecule has 0 bridgehead atoms. The van der Waals surface area contributed by atoms with Crippen molar-refractivity contribution in [3.8, 4) is 0 Å². The molecule has 0 radical (unpaired) electrons. The number of anilines is 2. The first-order valence-corrected chi connectivity index (χ1v) is 6.82. The Balaban J connectivity index is 1.87. The second-order valence-electron chi connectivity index (χ2n) is 5.03. The molecular weight excluding hydrogens is 246 g/mol. The predicted molar refractivity (Wildman–Crippen MR) is 86.4 cm³/mol. The summed E-state index contributed by atoms with van der Waals surface area (Å²) in [6, 6.07) is 16.9. The van der Waals surface area contributed by atoms with E-state index in [0.717, 1.165) is 12.2 Å². The van der Waals surface area contributed by atoms with Crippen LogP contribution in [0.5, 0.6) is 0 Å². The molecule has 0 spiro atoms. The lowest BCUT2D eigenvalue weighted by molar-refractivity contribution is 0.928. The van der Waals surface area contributed by atoms with Crippen molar-refractivity contribution in [1.29, 1.82) is 0 Å². The minimum absolute atomic E-state index is 0.886. The smallest absolute Gasteiger partial charge is 0.0624 e. The highest BCUT2D eigenvalue weighted by molar-refractivity contribution is 5.92. The SMILES string of the molecule is CNc1cccc(CN(C)c2c[nH]c3ccccc23)c1. The summed E-state index contributed by atoms with van der Waals surface area (Å²) < 4.78 is 0. The molecule has 20 heavy (non-hydrogen) atoms. The quantitative estimate of drug-likeness (QED) is 0.751. The maximum Gasteiger partial charge on any atom is 0.0624 e. The highest BCUT2D eigenvalue weighted by Crippen LogP contribution is 2.26. The van der Waals surface area contributed by atoms with Crippen LogP contribution in [0.3, 0.4) is 0 Å². The highest BCUT2D eigenvalue weighted by Gasteiger charge is 2.08. The fourth-order valence-corrected chi connectivity index (χ4v) is 2.56. The van der Waals surface area contributed by atoms with Gasteiger partial charge in [-0.2, -0.15) is 0 Å². The zero-order valence-electron chi connectivity index (χ0n) is 11.9. The molecule has 0 fully saturated rings. The van der Waals surface area contributed by atoms with E-state index >= 15 is 0 Å². The molecule has 0 aliphatic rings. The van der Waals surface area contributed by atoms with Gasteiger partial charge in [0.1, 0.15) is 0 Å². The molecule has 102 valence electrons. The molecule has 3 rings (SSSR count). The monoisotopic (exact) mass is 265 g/mol. The van der Waals surface area contributed by atoms with Crippen molar-refractivity contribution in [3.05, 3.63) is 60.3 Å². The van der Waals surface area contributed by atoms with Crippen LogP contribution in [0.4, 0.5) is 11.4 Å². The van der Waals surface area contributed by atoms with Crippen LogP contribution in [0.1, 0.15) is 5.56 Å². The van der Waals surface area contributed by atoms with Crippen LogP contribution in [0, 0.1) is 0 Å². The first-order chi connectivity index (χ1) is 9.78. The second-order valence-corrected chi connectivity index (χ2v) is 5.03. The molecular formula is C17H19N3.